The van der Waals surface area contributed by atoms with Crippen LogP contribution in [0.2, 0.25) is 0 Å². The molecule has 0 bridgehead atoms. The molecule has 0 aliphatic heterocycles. The van der Waals surface area contributed by atoms with Crippen LogP contribution in [0.25, 0.3) is 0 Å². The quantitative estimate of drug-likeness (QED) is 0.600. The normalized spacial score (nSPS) is 11.7. The summed E-state index contributed by atoms with van der Waals surface area (Å²) in [6.45, 7) is 1.16. The molecule has 0 spiro atoms. The van der Waals surface area contributed by atoms with Crippen LogP contribution in [0.1, 0.15) is 11.6 Å². The van der Waals surface area contributed by atoms with Crippen molar-refractivity contribution in [1.82, 2.24) is 14.9 Å². The molecule has 0 saturated heterocycles. The van der Waals surface area contributed by atoms with Crippen LogP contribution in [-0.2, 0) is 20.0 Å². The van der Waals surface area contributed by atoms with E-state index in [1.54, 1.807) is 12.5 Å². The topological polar surface area (TPSA) is 81.4 Å². The average Bonchev–Trinajstić information content (AvgIpc) is 2.99. The minimum Gasteiger partial charge on any atom is -0.467 e. The minimum absolute atomic E-state index is 0.417. The van der Waals surface area contributed by atoms with Crippen LogP contribution in [0, 0.1) is 0 Å². The Balaban J connectivity index is 1.73. The highest BCUT2D eigenvalue weighted by atomic mass is 16.3. The number of imidazole rings is 1. The molecule has 0 unspecified atom stereocenters. The number of furan rings is 1. The zero-order valence-corrected chi connectivity index (χ0v) is 10.3. The molecule has 0 aliphatic carbocycles. The van der Waals surface area contributed by atoms with Crippen LogP contribution in [0.15, 0.2) is 40.2 Å². The van der Waals surface area contributed by atoms with Crippen LogP contribution in [0.3, 0.4) is 0 Å². The predicted molar refractivity (Wildman–Crippen MR) is 68.9 cm³/mol. The Labute approximate surface area is 106 Å². The van der Waals surface area contributed by atoms with Crippen molar-refractivity contribution >= 4 is 5.96 Å². The second-order valence-corrected chi connectivity index (χ2v) is 3.91. The summed E-state index contributed by atoms with van der Waals surface area (Å²) >= 11 is 0. The van der Waals surface area contributed by atoms with Crippen molar-refractivity contribution in [2.45, 2.75) is 13.0 Å². The molecule has 0 aromatic carbocycles. The van der Waals surface area contributed by atoms with E-state index < -0.39 is 0 Å². The molecular weight excluding hydrogens is 230 g/mol. The number of guanidine groups is 1. The van der Waals surface area contributed by atoms with E-state index in [1.165, 1.54) is 0 Å². The van der Waals surface area contributed by atoms with E-state index in [0.29, 0.717) is 19.0 Å². The van der Waals surface area contributed by atoms with Crippen LogP contribution in [-0.4, -0.2) is 22.1 Å². The molecule has 2 aromatic heterocycles. The van der Waals surface area contributed by atoms with E-state index in [2.05, 4.69) is 15.3 Å². The highest BCUT2D eigenvalue weighted by molar-refractivity contribution is 5.77. The number of hydrogen-bond acceptors (Lipinski definition) is 3. The molecule has 18 heavy (non-hydrogen) atoms. The molecule has 2 heterocycles. The Morgan fingerprint density at radius 3 is 3.17 bits per heavy atom. The molecule has 0 amide bonds. The first kappa shape index (κ1) is 12.2. The number of aromatic nitrogens is 2. The fourth-order valence-corrected chi connectivity index (χ4v) is 1.56. The van der Waals surface area contributed by atoms with Crippen molar-refractivity contribution in [1.29, 1.82) is 0 Å². The molecule has 0 saturated carbocycles. The average molecular weight is 247 g/mol. The molecule has 0 fully saturated rings. The molecule has 0 aliphatic rings. The summed E-state index contributed by atoms with van der Waals surface area (Å²) in [5.41, 5.74) is 5.74. The summed E-state index contributed by atoms with van der Waals surface area (Å²) in [4.78, 5) is 8.40. The number of rotatable bonds is 5. The zero-order chi connectivity index (χ0) is 12.8. The van der Waals surface area contributed by atoms with Crippen molar-refractivity contribution in [3.05, 3.63) is 42.4 Å². The van der Waals surface area contributed by atoms with Crippen molar-refractivity contribution in [3.63, 3.8) is 0 Å². The number of nitrogens with zero attached hydrogens (tertiary/aromatic N) is 3. The third-order valence-electron chi connectivity index (χ3n) is 2.56. The lowest BCUT2D eigenvalue weighted by molar-refractivity contribution is 0.512. The van der Waals surface area contributed by atoms with E-state index >= 15 is 0 Å². The van der Waals surface area contributed by atoms with Gasteiger partial charge >= 0.3 is 0 Å². The third-order valence-corrected chi connectivity index (χ3v) is 2.56. The first-order valence-corrected chi connectivity index (χ1v) is 5.78. The zero-order valence-electron chi connectivity index (χ0n) is 10.3. The van der Waals surface area contributed by atoms with Gasteiger partial charge in [-0.15, -0.1) is 0 Å². The van der Waals surface area contributed by atoms with E-state index in [0.717, 1.165) is 18.0 Å². The smallest absolute Gasteiger partial charge is 0.189 e. The van der Waals surface area contributed by atoms with Gasteiger partial charge in [0.05, 0.1) is 6.26 Å². The number of aryl methyl sites for hydroxylation is 1. The number of nitrogens with two attached hydrogens (primary N) is 1. The molecular formula is C12H17N5O. The lowest BCUT2D eigenvalue weighted by atomic mass is 10.4. The standard InChI is InChI=1S/C12H17N5O/c1-17-7-6-14-11(17)4-5-15-12(13)16-9-10-3-2-8-18-10/h2-3,6-8H,4-5,9H2,1H3,(H3,13,15,16). The van der Waals surface area contributed by atoms with Crippen molar-refractivity contribution in [2.24, 2.45) is 17.8 Å². The summed E-state index contributed by atoms with van der Waals surface area (Å²) < 4.78 is 7.14. The molecule has 96 valence electrons. The number of hydrogen-bond donors (Lipinski definition) is 2. The SMILES string of the molecule is Cn1ccnc1CCNC(N)=NCc1ccco1. The Morgan fingerprint density at radius 2 is 2.50 bits per heavy atom. The summed E-state index contributed by atoms with van der Waals surface area (Å²) in [6.07, 6.45) is 6.13. The maximum Gasteiger partial charge on any atom is 0.189 e. The van der Waals surface area contributed by atoms with E-state index in [-0.39, 0.29) is 0 Å². The maximum absolute atomic E-state index is 5.74. The van der Waals surface area contributed by atoms with Crippen LogP contribution in [0.5, 0.6) is 0 Å². The molecule has 0 radical (unpaired) electrons. The monoisotopic (exact) mass is 247 g/mol. The highest BCUT2D eigenvalue weighted by Crippen LogP contribution is 2.00. The number of nitrogens with one attached hydrogen (secondary N) is 1. The van der Waals surface area contributed by atoms with Gasteiger partial charge in [-0.25, -0.2) is 9.98 Å². The summed E-state index contributed by atoms with van der Waals surface area (Å²) in [5, 5.41) is 3.04. The molecule has 2 rings (SSSR count). The van der Waals surface area contributed by atoms with Gasteiger partial charge in [-0.2, -0.15) is 0 Å². The predicted octanol–water partition coefficient (Wildman–Crippen LogP) is 0.660. The summed E-state index contributed by atoms with van der Waals surface area (Å²) in [5.74, 6) is 2.23. The van der Waals surface area contributed by atoms with E-state index in [9.17, 15) is 0 Å². The second-order valence-electron chi connectivity index (χ2n) is 3.91. The van der Waals surface area contributed by atoms with Crippen molar-refractivity contribution in [3.8, 4) is 0 Å². The minimum atomic E-state index is 0.417. The lowest BCUT2D eigenvalue weighted by Crippen LogP contribution is -2.33. The Bertz CT molecular complexity index is 500. The van der Waals surface area contributed by atoms with Gasteiger partial charge in [-0.05, 0) is 12.1 Å². The number of aliphatic imine (C=N–C) groups is 1. The van der Waals surface area contributed by atoms with Gasteiger partial charge in [0.2, 0.25) is 0 Å². The highest BCUT2D eigenvalue weighted by Gasteiger charge is 1.99. The fourth-order valence-electron chi connectivity index (χ4n) is 1.56. The van der Waals surface area contributed by atoms with E-state index in [1.807, 2.05) is 29.9 Å². The van der Waals surface area contributed by atoms with Gasteiger partial charge in [0.15, 0.2) is 5.96 Å². The first-order chi connectivity index (χ1) is 8.75. The Kier molecular flexibility index (Phi) is 4.01. The van der Waals surface area contributed by atoms with Gasteiger partial charge in [0.25, 0.3) is 0 Å². The second kappa shape index (κ2) is 5.90. The summed E-state index contributed by atoms with van der Waals surface area (Å²) in [6, 6.07) is 3.69. The van der Waals surface area contributed by atoms with Crippen molar-refractivity contribution < 1.29 is 4.42 Å². The largest absolute Gasteiger partial charge is 0.467 e. The van der Waals surface area contributed by atoms with Gasteiger partial charge in [0, 0.05) is 32.4 Å². The van der Waals surface area contributed by atoms with Gasteiger partial charge in [-0.1, -0.05) is 0 Å². The van der Waals surface area contributed by atoms with Crippen LogP contribution >= 0.6 is 0 Å². The van der Waals surface area contributed by atoms with Crippen LogP contribution < -0.4 is 11.1 Å². The van der Waals surface area contributed by atoms with Gasteiger partial charge in [-0.3, -0.25) is 0 Å². The Morgan fingerprint density at radius 1 is 1.61 bits per heavy atom. The summed E-state index contributed by atoms with van der Waals surface area (Å²) in [7, 11) is 1.97. The first-order valence-electron chi connectivity index (χ1n) is 5.78. The van der Waals surface area contributed by atoms with Crippen LogP contribution in [0.4, 0.5) is 0 Å². The Hall–Kier alpha value is -2.24. The van der Waals surface area contributed by atoms with Gasteiger partial charge < -0.3 is 20.0 Å². The fraction of sp³-hybridized carbons (Fsp3) is 0.333. The molecule has 2 aromatic rings. The maximum atomic E-state index is 5.74. The molecule has 6 nitrogen and oxygen atoms in total. The third kappa shape index (κ3) is 3.38. The molecule has 3 N–H and O–H groups in total. The van der Waals surface area contributed by atoms with Gasteiger partial charge in [0.1, 0.15) is 18.1 Å². The molecule has 0 atom stereocenters. The van der Waals surface area contributed by atoms with Crippen molar-refractivity contribution in [2.75, 3.05) is 6.54 Å². The lowest BCUT2D eigenvalue weighted by Gasteiger charge is -2.05. The van der Waals surface area contributed by atoms with E-state index in [4.69, 9.17) is 10.2 Å². The molecule has 6 heteroatoms.